The number of rotatable bonds is 6. The number of aryl methyl sites for hydroxylation is 1. The van der Waals surface area contributed by atoms with Crippen LogP contribution in [0.25, 0.3) is 0 Å². The molecule has 5 heteroatoms. The number of nitrogens with zero attached hydrogens (tertiary/aromatic N) is 1. The number of carbonyl (C=O) groups excluding carboxylic acids is 2. The van der Waals surface area contributed by atoms with Gasteiger partial charge < -0.3 is 15.0 Å². The van der Waals surface area contributed by atoms with Crippen LogP contribution in [0, 0.1) is 6.92 Å². The summed E-state index contributed by atoms with van der Waals surface area (Å²) in [5.41, 5.74) is 2.58. The first kappa shape index (κ1) is 22.4. The molecule has 2 fully saturated rings. The van der Waals surface area contributed by atoms with Crippen LogP contribution in [0.5, 0.6) is 5.75 Å². The Bertz CT molecular complexity index is 926. The zero-order chi connectivity index (χ0) is 22.4. The van der Waals surface area contributed by atoms with Gasteiger partial charge in [0.25, 0.3) is 5.91 Å². The maximum Gasteiger partial charge on any atom is 0.260 e. The number of amides is 2. The Hall–Kier alpha value is -2.82. The highest BCUT2D eigenvalue weighted by molar-refractivity contribution is 5.99. The summed E-state index contributed by atoms with van der Waals surface area (Å²) in [7, 11) is 0. The zero-order valence-electron chi connectivity index (χ0n) is 19.1. The van der Waals surface area contributed by atoms with Gasteiger partial charge in [0.05, 0.1) is 5.41 Å². The van der Waals surface area contributed by atoms with Crippen molar-refractivity contribution >= 4 is 17.5 Å². The second-order valence-electron chi connectivity index (χ2n) is 9.22. The topological polar surface area (TPSA) is 58.6 Å². The van der Waals surface area contributed by atoms with Crippen LogP contribution in [0.3, 0.4) is 0 Å². The van der Waals surface area contributed by atoms with Crippen molar-refractivity contribution in [3.63, 3.8) is 0 Å². The van der Waals surface area contributed by atoms with Crippen molar-refractivity contribution in [1.82, 2.24) is 4.90 Å². The first-order chi connectivity index (χ1) is 15.6. The molecule has 1 heterocycles. The van der Waals surface area contributed by atoms with Crippen molar-refractivity contribution in [3.8, 4) is 5.75 Å². The summed E-state index contributed by atoms with van der Waals surface area (Å²) in [4.78, 5) is 27.7. The molecule has 0 radical (unpaired) electrons. The first-order valence-corrected chi connectivity index (χ1v) is 12.0. The highest BCUT2D eigenvalue weighted by atomic mass is 16.5. The largest absolute Gasteiger partial charge is 0.484 e. The standard InChI is InChI=1S/C27H34N2O3/c1-21-9-8-10-22(19-21)27(15-4-2-5-16-27)26(31)28-23-11-13-24(14-12-23)32-20-25(30)29-17-6-3-7-18-29/h8-14,19H,2-7,15-18,20H2,1H3,(H,28,31). The molecule has 170 valence electrons. The maximum atomic E-state index is 13.5. The molecular formula is C27H34N2O3. The molecule has 0 bridgehead atoms. The minimum Gasteiger partial charge on any atom is -0.484 e. The molecule has 2 aromatic carbocycles. The Morgan fingerprint density at radius 1 is 0.938 bits per heavy atom. The SMILES string of the molecule is Cc1cccc(C2(C(=O)Nc3ccc(OCC(=O)N4CCCCC4)cc3)CCCCC2)c1. The summed E-state index contributed by atoms with van der Waals surface area (Å²) in [5.74, 6) is 0.746. The highest BCUT2D eigenvalue weighted by Gasteiger charge is 2.41. The fourth-order valence-electron chi connectivity index (χ4n) is 5.01. The summed E-state index contributed by atoms with van der Waals surface area (Å²) in [6.45, 7) is 3.79. The van der Waals surface area contributed by atoms with E-state index in [0.717, 1.165) is 62.9 Å². The number of piperidine rings is 1. The third kappa shape index (κ3) is 5.14. The van der Waals surface area contributed by atoms with E-state index >= 15 is 0 Å². The molecule has 4 rings (SSSR count). The molecule has 2 aromatic rings. The van der Waals surface area contributed by atoms with Gasteiger partial charge >= 0.3 is 0 Å². The van der Waals surface area contributed by atoms with Crippen molar-refractivity contribution in [2.24, 2.45) is 0 Å². The third-order valence-corrected chi connectivity index (χ3v) is 6.90. The Balaban J connectivity index is 1.39. The van der Waals surface area contributed by atoms with E-state index in [0.29, 0.717) is 5.75 Å². The molecule has 1 aliphatic carbocycles. The van der Waals surface area contributed by atoms with Gasteiger partial charge in [0, 0.05) is 18.8 Å². The van der Waals surface area contributed by atoms with E-state index < -0.39 is 5.41 Å². The summed E-state index contributed by atoms with van der Waals surface area (Å²) in [6, 6.07) is 15.7. The van der Waals surface area contributed by atoms with Crippen LogP contribution in [0.4, 0.5) is 5.69 Å². The van der Waals surface area contributed by atoms with Gasteiger partial charge in [0.15, 0.2) is 6.61 Å². The molecule has 1 saturated heterocycles. The molecule has 1 aliphatic heterocycles. The zero-order valence-corrected chi connectivity index (χ0v) is 19.1. The van der Waals surface area contributed by atoms with Gasteiger partial charge in [-0.15, -0.1) is 0 Å². The number of hydrogen-bond donors (Lipinski definition) is 1. The van der Waals surface area contributed by atoms with E-state index in [9.17, 15) is 9.59 Å². The lowest BCUT2D eigenvalue weighted by Gasteiger charge is -2.36. The van der Waals surface area contributed by atoms with E-state index in [2.05, 4.69) is 30.4 Å². The Morgan fingerprint density at radius 2 is 1.62 bits per heavy atom. The summed E-state index contributed by atoms with van der Waals surface area (Å²) in [6.07, 6.45) is 8.42. The molecule has 2 amide bonds. The van der Waals surface area contributed by atoms with Crippen molar-refractivity contribution < 1.29 is 14.3 Å². The molecule has 32 heavy (non-hydrogen) atoms. The predicted octanol–water partition coefficient (Wildman–Crippen LogP) is 5.23. The monoisotopic (exact) mass is 434 g/mol. The fraction of sp³-hybridized carbons (Fsp3) is 0.481. The van der Waals surface area contributed by atoms with Gasteiger partial charge in [-0.05, 0) is 68.9 Å². The molecule has 0 aromatic heterocycles. The van der Waals surface area contributed by atoms with Gasteiger partial charge in [-0.1, -0.05) is 49.1 Å². The van der Waals surface area contributed by atoms with Crippen LogP contribution in [0.15, 0.2) is 48.5 Å². The minimum atomic E-state index is -0.472. The van der Waals surface area contributed by atoms with Crippen LogP contribution < -0.4 is 10.1 Å². The second kappa shape index (κ2) is 10.2. The molecule has 0 unspecified atom stereocenters. The second-order valence-corrected chi connectivity index (χ2v) is 9.22. The lowest BCUT2D eigenvalue weighted by molar-refractivity contribution is -0.134. The van der Waals surface area contributed by atoms with Crippen molar-refractivity contribution in [1.29, 1.82) is 0 Å². The summed E-state index contributed by atoms with van der Waals surface area (Å²) < 4.78 is 5.70. The molecule has 1 N–H and O–H groups in total. The average Bonchev–Trinajstić information content (AvgIpc) is 2.84. The third-order valence-electron chi connectivity index (χ3n) is 6.90. The lowest BCUT2D eigenvalue weighted by Crippen LogP contribution is -2.42. The highest BCUT2D eigenvalue weighted by Crippen LogP contribution is 2.40. The van der Waals surface area contributed by atoms with Gasteiger partial charge in [0.2, 0.25) is 5.91 Å². The van der Waals surface area contributed by atoms with E-state index in [1.54, 1.807) is 0 Å². The van der Waals surface area contributed by atoms with Crippen molar-refractivity contribution in [2.45, 2.75) is 63.7 Å². The predicted molar refractivity (Wildman–Crippen MR) is 127 cm³/mol. The average molecular weight is 435 g/mol. The number of benzene rings is 2. The Morgan fingerprint density at radius 3 is 2.31 bits per heavy atom. The van der Waals surface area contributed by atoms with Crippen LogP contribution in [-0.2, 0) is 15.0 Å². The van der Waals surface area contributed by atoms with E-state index in [4.69, 9.17) is 4.74 Å². The van der Waals surface area contributed by atoms with Crippen LogP contribution >= 0.6 is 0 Å². The molecular weight excluding hydrogens is 400 g/mol. The van der Waals surface area contributed by atoms with Crippen molar-refractivity contribution in [2.75, 3.05) is 25.0 Å². The summed E-state index contributed by atoms with van der Waals surface area (Å²) >= 11 is 0. The smallest absolute Gasteiger partial charge is 0.260 e. The number of hydrogen-bond acceptors (Lipinski definition) is 3. The Labute approximate surface area is 191 Å². The molecule has 0 atom stereocenters. The van der Waals surface area contributed by atoms with Crippen LogP contribution in [0.1, 0.15) is 62.5 Å². The van der Waals surface area contributed by atoms with E-state index in [1.807, 2.05) is 35.2 Å². The normalized spacial score (nSPS) is 18.1. The quantitative estimate of drug-likeness (QED) is 0.677. The van der Waals surface area contributed by atoms with Crippen LogP contribution in [-0.4, -0.2) is 36.4 Å². The maximum absolute atomic E-state index is 13.5. The molecule has 0 spiro atoms. The number of likely N-dealkylation sites (tertiary alicyclic amines) is 1. The Kier molecular flexibility index (Phi) is 7.13. The number of carbonyl (C=O) groups is 2. The number of anilines is 1. The van der Waals surface area contributed by atoms with Crippen molar-refractivity contribution in [3.05, 3.63) is 59.7 Å². The van der Waals surface area contributed by atoms with Gasteiger partial charge in [-0.2, -0.15) is 0 Å². The molecule has 2 aliphatic rings. The van der Waals surface area contributed by atoms with Gasteiger partial charge in [-0.25, -0.2) is 0 Å². The van der Waals surface area contributed by atoms with E-state index in [1.165, 1.54) is 18.4 Å². The van der Waals surface area contributed by atoms with E-state index in [-0.39, 0.29) is 18.4 Å². The fourth-order valence-corrected chi connectivity index (χ4v) is 5.01. The number of ether oxygens (including phenoxy) is 1. The summed E-state index contributed by atoms with van der Waals surface area (Å²) in [5, 5.41) is 3.14. The lowest BCUT2D eigenvalue weighted by atomic mass is 9.68. The van der Waals surface area contributed by atoms with Gasteiger partial charge in [0.1, 0.15) is 5.75 Å². The van der Waals surface area contributed by atoms with Gasteiger partial charge in [-0.3, -0.25) is 9.59 Å². The molecule has 1 saturated carbocycles. The number of nitrogens with one attached hydrogen (secondary N) is 1. The first-order valence-electron chi connectivity index (χ1n) is 12.0. The molecule has 5 nitrogen and oxygen atoms in total. The minimum absolute atomic E-state index is 0.0412. The van der Waals surface area contributed by atoms with Crippen LogP contribution in [0.2, 0.25) is 0 Å².